The van der Waals surface area contributed by atoms with Gasteiger partial charge in [0, 0.05) is 0 Å². The number of hydrogen-bond acceptors (Lipinski definition) is 4. The predicted molar refractivity (Wildman–Crippen MR) is 159 cm³/mol. The molecule has 1 fully saturated rings. The van der Waals surface area contributed by atoms with Crippen molar-refractivity contribution < 1.29 is 18.6 Å². The molecule has 212 valence electrons. The number of rotatable bonds is 15. The first-order valence-electron chi connectivity index (χ1n) is 15.3. The maximum atomic E-state index is 7.50. The van der Waals surface area contributed by atoms with Crippen molar-refractivity contribution >= 4 is 26.7 Å². The van der Waals surface area contributed by atoms with E-state index in [1.54, 1.807) is 0 Å². The topological polar surface area (TPSA) is 36.9 Å². The first-order valence-corrected chi connectivity index (χ1v) is 24.9. The van der Waals surface area contributed by atoms with Gasteiger partial charge in [-0.25, -0.2) is 0 Å². The van der Waals surface area contributed by atoms with Crippen molar-refractivity contribution in [2.45, 2.75) is 169 Å². The van der Waals surface area contributed by atoms with Gasteiger partial charge in [0.1, 0.15) is 0 Å². The molecule has 0 aromatic heterocycles. The van der Waals surface area contributed by atoms with Crippen LogP contribution in [0.3, 0.4) is 0 Å². The first-order chi connectivity index (χ1) is 16.9. The van der Waals surface area contributed by atoms with Gasteiger partial charge in [-0.1, -0.05) is 0 Å². The molecular weight excluding hydrogens is 571 g/mol. The van der Waals surface area contributed by atoms with Crippen LogP contribution in [-0.2, 0) is 18.6 Å². The van der Waals surface area contributed by atoms with Crippen LogP contribution < -0.4 is 0 Å². The molecule has 0 unspecified atom stereocenters. The van der Waals surface area contributed by atoms with Crippen LogP contribution in [0.5, 0.6) is 0 Å². The predicted octanol–water partition coefficient (Wildman–Crippen LogP) is 9.37. The van der Waals surface area contributed by atoms with Gasteiger partial charge in [0.15, 0.2) is 0 Å². The van der Waals surface area contributed by atoms with Crippen LogP contribution in [0.4, 0.5) is 0 Å². The molecule has 3 atom stereocenters. The quantitative estimate of drug-likeness (QED) is 0.169. The van der Waals surface area contributed by atoms with Crippen molar-refractivity contribution in [3.63, 3.8) is 0 Å². The van der Waals surface area contributed by atoms with E-state index in [0.717, 1.165) is 0 Å². The van der Waals surface area contributed by atoms with Crippen LogP contribution in [0, 0.1) is 0 Å². The Hall–Kier alpha value is 0.436. The van der Waals surface area contributed by atoms with Crippen molar-refractivity contribution in [2.75, 3.05) is 6.61 Å². The van der Waals surface area contributed by atoms with Gasteiger partial charge in [-0.3, -0.25) is 0 Å². The Morgan fingerprint density at radius 3 is 1.78 bits per heavy atom. The third kappa shape index (κ3) is 7.54. The molecule has 2 aliphatic heterocycles. The SMILES string of the molecule is CCC[CH2][Sn]([CH2]CCC)([CH2]CCC)[C]1=C[C@@H](O[Si](C(C)C)(C(C)C)C(C)C)[C@@H]2OC(C)(C)OC[C@H]2O1. The summed E-state index contributed by atoms with van der Waals surface area (Å²) in [7, 11) is -2.10. The molecule has 6 heteroatoms. The zero-order chi connectivity index (χ0) is 27.1. The average Bonchev–Trinajstić information content (AvgIpc) is 2.81. The van der Waals surface area contributed by atoms with E-state index in [9.17, 15) is 0 Å². The van der Waals surface area contributed by atoms with Crippen LogP contribution in [0.1, 0.15) is 115 Å². The summed E-state index contributed by atoms with van der Waals surface area (Å²) in [4.78, 5) is 0. The summed E-state index contributed by atoms with van der Waals surface area (Å²) in [5.41, 5.74) is 1.62. The van der Waals surface area contributed by atoms with E-state index in [0.29, 0.717) is 23.2 Å². The molecule has 2 aliphatic rings. The van der Waals surface area contributed by atoms with E-state index in [2.05, 4.69) is 68.4 Å². The van der Waals surface area contributed by atoms with Gasteiger partial charge in [-0.2, -0.15) is 0 Å². The monoisotopic (exact) mass is 632 g/mol. The third-order valence-corrected chi connectivity index (χ3v) is 30.0. The van der Waals surface area contributed by atoms with Gasteiger partial charge in [0.05, 0.1) is 0 Å². The molecule has 0 N–H and O–H groups in total. The summed E-state index contributed by atoms with van der Waals surface area (Å²) in [5, 5.41) is 0. The van der Waals surface area contributed by atoms with E-state index >= 15 is 0 Å². The number of ether oxygens (including phenoxy) is 3. The molecule has 2 heterocycles. The Kier molecular flexibility index (Phi) is 12.9. The van der Waals surface area contributed by atoms with Gasteiger partial charge in [0.2, 0.25) is 0 Å². The fourth-order valence-corrected chi connectivity index (χ4v) is 28.2. The number of unbranched alkanes of at least 4 members (excludes halogenated alkanes) is 3. The normalized spacial score (nSPS) is 24.7. The summed E-state index contributed by atoms with van der Waals surface area (Å²) in [6, 6.07) is 0. The van der Waals surface area contributed by atoms with Crippen molar-refractivity contribution in [1.29, 1.82) is 0 Å². The summed E-state index contributed by atoms with van der Waals surface area (Å²) >= 11 is -2.77. The molecule has 0 amide bonds. The zero-order valence-electron chi connectivity index (χ0n) is 25.7. The van der Waals surface area contributed by atoms with E-state index < -0.39 is 32.5 Å². The molecule has 0 aliphatic carbocycles. The molecule has 0 aromatic rings. The Bertz CT molecular complexity index is 647. The fraction of sp³-hybridized carbons (Fsp3) is 0.933. The number of hydrogen-bond donors (Lipinski definition) is 0. The van der Waals surface area contributed by atoms with Crippen molar-refractivity contribution in [3.05, 3.63) is 9.85 Å². The maximum absolute atomic E-state index is 7.50. The summed E-state index contributed by atoms with van der Waals surface area (Å²) in [6.07, 6.45) is 10.0. The zero-order valence-corrected chi connectivity index (χ0v) is 29.6. The molecule has 0 saturated carbocycles. The van der Waals surface area contributed by atoms with Crippen LogP contribution in [-0.4, -0.2) is 57.4 Å². The van der Waals surface area contributed by atoms with E-state index in [1.165, 1.54) is 55.6 Å². The molecule has 36 heavy (non-hydrogen) atoms. The summed E-state index contributed by atoms with van der Waals surface area (Å²) in [5.74, 6) is -0.609. The van der Waals surface area contributed by atoms with E-state index in [1.807, 2.05) is 13.8 Å². The molecule has 0 aromatic carbocycles. The molecule has 0 bridgehead atoms. The van der Waals surface area contributed by atoms with Gasteiger partial charge >= 0.3 is 231 Å². The standard InChI is InChI=1S/C18H33O4Si.3C4H9.Sn/c1-12(2)23(13(3)4,14(5)6)22-15-9-10-19-16-11-20-18(7,8)21-17(15)16;3*1-3-4-2;/h9,12-17H,11H2,1-8H3;3*1,3-4H2,2H3;/t15-,16-,17+;;;;/m1..../s1. The second kappa shape index (κ2) is 14.2. The summed E-state index contributed by atoms with van der Waals surface area (Å²) in [6.45, 7) is 26.0. The first kappa shape index (κ1) is 32.6. The Morgan fingerprint density at radius 1 is 0.889 bits per heavy atom. The Morgan fingerprint density at radius 2 is 1.36 bits per heavy atom. The second-order valence-electron chi connectivity index (χ2n) is 13.0. The minimum absolute atomic E-state index is 0.0400. The molecule has 2 rings (SSSR count). The van der Waals surface area contributed by atoms with Crippen LogP contribution in [0.25, 0.3) is 0 Å². The van der Waals surface area contributed by atoms with Crippen molar-refractivity contribution in [3.8, 4) is 0 Å². The van der Waals surface area contributed by atoms with Crippen LogP contribution in [0.15, 0.2) is 9.85 Å². The molecule has 1 saturated heterocycles. The van der Waals surface area contributed by atoms with E-state index in [-0.39, 0.29) is 18.3 Å². The van der Waals surface area contributed by atoms with Crippen LogP contribution in [0.2, 0.25) is 29.9 Å². The molecule has 0 spiro atoms. The van der Waals surface area contributed by atoms with Crippen molar-refractivity contribution in [2.24, 2.45) is 0 Å². The van der Waals surface area contributed by atoms with Gasteiger partial charge in [-0.05, 0) is 0 Å². The van der Waals surface area contributed by atoms with Crippen LogP contribution >= 0.6 is 0 Å². The summed E-state index contributed by atoms with van der Waals surface area (Å²) < 4.78 is 32.9. The Balaban J connectivity index is 2.62. The fourth-order valence-electron chi connectivity index (χ4n) is 6.98. The third-order valence-electron chi connectivity index (χ3n) is 8.90. The molecule has 4 nitrogen and oxygen atoms in total. The number of fused-ring (bicyclic) bond motifs is 1. The van der Waals surface area contributed by atoms with Gasteiger partial charge < -0.3 is 0 Å². The molecule has 0 radical (unpaired) electrons. The Labute approximate surface area is 229 Å². The van der Waals surface area contributed by atoms with Gasteiger partial charge in [0.25, 0.3) is 0 Å². The van der Waals surface area contributed by atoms with Crippen molar-refractivity contribution in [1.82, 2.24) is 0 Å². The van der Waals surface area contributed by atoms with Gasteiger partial charge in [-0.15, -0.1) is 0 Å². The average molecular weight is 632 g/mol. The van der Waals surface area contributed by atoms with E-state index in [4.69, 9.17) is 18.6 Å². The second-order valence-corrected chi connectivity index (χ2v) is 31.4. The molecular formula is C30H60O4SiSn. The minimum atomic E-state index is -2.77.